The molecule has 1 saturated heterocycles. The molecular weight excluding hydrogens is 354 g/mol. The van der Waals surface area contributed by atoms with Crippen LogP contribution in [0.2, 0.25) is 0 Å². The predicted molar refractivity (Wildman–Crippen MR) is 109 cm³/mol. The van der Waals surface area contributed by atoms with Gasteiger partial charge in [0.15, 0.2) is 0 Å². The summed E-state index contributed by atoms with van der Waals surface area (Å²) in [6, 6.07) is 4.47. The van der Waals surface area contributed by atoms with E-state index in [-0.39, 0.29) is 0 Å². The fourth-order valence-electron chi connectivity index (χ4n) is 4.16. The molecule has 146 valence electrons. The van der Waals surface area contributed by atoms with E-state index in [1.165, 1.54) is 11.1 Å². The van der Waals surface area contributed by atoms with Crippen LogP contribution < -0.4 is 10.2 Å². The molecule has 2 aliphatic heterocycles. The average Bonchev–Trinajstić information content (AvgIpc) is 3.37. The number of H-pyrrole nitrogens is 1. The summed E-state index contributed by atoms with van der Waals surface area (Å²) in [7, 11) is 1.99. The predicted octanol–water partition coefficient (Wildman–Crippen LogP) is 1.96. The van der Waals surface area contributed by atoms with Crippen LogP contribution in [0.3, 0.4) is 0 Å². The summed E-state index contributed by atoms with van der Waals surface area (Å²) in [6.07, 6.45) is 5.04. The first-order valence-electron chi connectivity index (χ1n) is 9.84. The number of nitrogens with zero attached hydrogens (tertiary/aromatic N) is 5. The number of aryl methyl sites for hydroxylation is 1. The molecule has 5 heterocycles. The zero-order chi connectivity index (χ0) is 19.1. The number of hydrogen-bond donors (Lipinski definition) is 2. The summed E-state index contributed by atoms with van der Waals surface area (Å²) in [4.78, 5) is 7.42. The lowest BCUT2D eigenvalue weighted by molar-refractivity contribution is 0.0985. The fraction of sp³-hybridized carbons (Fsp3) is 0.450. The van der Waals surface area contributed by atoms with Crippen molar-refractivity contribution < 1.29 is 4.74 Å². The molecule has 1 atom stereocenters. The topological polar surface area (TPSA) is 83.9 Å². The number of rotatable bonds is 3. The Morgan fingerprint density at radius 2 is 2.25 bits per heavy atom. The SMILES string of the molecule is CC1COCCN1c1cc(C2=CCNCC2)c2c(n1)c(-c1ccn[nH]1)nn2C. The van der Waals surface area contributed by atoms with Crippen molar-refractivity contribution in [3.05, 3.63) is 30.0 Å². The molecule has 0 spiro atoms. The maximum atomic E-state index is 5.64. The summed E-state index contributed by atoms with van der Waals surface area (Å²) >= 11 is 0. The first-order chi connectivity index (χ1) is 13.7. The third kappa shape index (κ3) is 2.89. The highest BCUT2D eigenvalue weighted by atomic mass is 16.5. The third-order valence-corrected chi connectivity index (χ3v) is 5.60. The number of aromatic amines is 1. The molecule has 28 heavy (non-hydrogen) atoms. The minimum atomic E-state index is 0.292. The van der Waals surface area contributed by atoms with Crippen LogP contribution in [0.15, 0.2) is 24.4 Å². The van der Waals surface area contributed by atoms with Gasteiger partial charge in [0.2, 0.25) is 0 Å². The standard InChI is InChI=1S/C20H25N7O/c1-13-12-28-10-9-27(13)17-11-15(14-3-6-21-7-4-14)20-19(23-17)18(25-26(20)2)16-5-8-22-24-16/h3,5,8,11,13,21H,4,6-7,9-10,12H2,1-2H3,(H,22,24). The van der Waals surface area contributed by atoms with E-state index < -0.39 is 0 Å². The molecule has 0 radical (unpaired) electrons. The minimum Gasteiger partial charge on any atom is -0.377 e. The van der Waals surface area contributed by atoms with E-state index in [1.54, 1.807) is 6.20 Å². The van der Waals surface area contributed by atoms with Crippen LogP contribution >= 0.6 is 0 Å². The molecule has 2 aliphatic rings. The van der Waals surface area contributed by atoms with E-state index in [0.717, 1.165) is 67.5 Å². The maximum absolute atomic E-state index is 5.64. The van der Waals surface area contributed by atoms with Gasteiger partial charge in [0.05, 0.1) is 30.5 Å². The summed E-state index contributed by atoms with van der Waals surface area (Å²) in [6.45, 7) is 6.37. The Hall–Kier alpha value is -2.71. The van der Waals surface area contributed by atoms with Crippen LogP contribution in [-0.2, 0) is 11.8 Å². The van der Waals surface area contributed by atoms with Gasteiger partial charge in [-0.2, -0.15) is 10.2 Å². The van der Waals surface area contributed by atoms with E-state index in [0.29, 0.717) is 6.04 Å². The Balaban J connectivity index is 1.75. The first kappa shape index (κ1) is 17.4. The largest absolute Gasteiger partial charge is 0.377 e. The molecule has 0 saturated carbocycles. The number of morpholine rings is 1. The van der Waals surface area contributed by atoms with Gasteiger partial charge in [0, 0.05) is 31.9 Å². The van der Waals surface area contributed by atoms with Gasteiger partial charge in [-0.25, -0.2) is 4.98 Å². The Kier molecular flexibility index (Phi) is 4.37. The van der Waals surface area contributed by atoms with Crippen LogP contribution in [-0.4, -0.2) is 63.9 Å². The highest BCUT2D eigenvalue weighted by Gasteiger charge is 2.25. The molecular formula is C20H25N7O. The molecule has 1 unspecified atom stereocenters. The van der Waals surface area contributed by atoms with Crippen molar-refractivity contribution in [1.29, 1.82) is 0 Å². The lowest BCUT2D eigenvalue weighted by Crippen LogP contribution is -2.44. The number of anilines is 1. The number of nitrogens with one attached hydrogen (secondary N) is 2. The van der Waals surface area contributed by atoms with Crippen molar-refractivity contribution in [3.8, 4) is 11.4 Å². The molecule has 2 N–H and O–H groups in total. The van der Waals surface area contributed by atoms with E-state index in [4.69, 9.17) is 14.8 Å². The Bertz CT molecular complexity index is 1020. The van der Waals surface area contributed by atoms with Crippen LogP contribution in [0.1, 0.15) is 18.9 Å². The fourth-order valence-corrected chi connectivity index (χ4v) is 4.16. The molecule has 0 aromatic carbocycles. The highest BCUT2D eigenvalue weighted by molar-refractivity contribution is 5.97. The molecule has 0 aliphatic carbocycles. The van der Waals surface area contributed by atoms with Crippen LogP contribution in [0.25, 0.3) is 28.0 Å². The summed E-state index contributed by atoms with van der Waals surface area (Å²) < 4.78 is 7.58. The quantitative estimate of drug-likeness (QED) is 0.724. The average molecular weight is 379 g/mol. The number of hydrogen-bond acceptors (Lipinski definition) is 6. The second-order valence-corrected chi connectivity index (χ2v) is 7.47. The van der Waals surface area contributed by atoms with Gasteiger partial charge in [-0.1, -0.05) is 6.08 Å². The zero-order valence-electron chi connectivity index (χ0n) is 16.3. The van der Waals surface area contributed by atoms with Gasteiger partial charge >= 0.3 is 0 Å². The Morgan fingerprint density at radius 3 is 3.00 bits per heavy atom. The molecule has 8 heteroatoms. The molecule has 3 aromatic heterocycles. The number of fused-ring (bicyclic) bond motifs is 1. The van der Waals surface area contributed by atoms with Crippen LogP contribution in [0.5, 0.6) is 0 Å². The summed E-state index contributed by atoms with van der Waals surface area (Å²) in [5.74, 6) is 0.992. The summed E-state index contributed by atoms with van der Waals surface area (Å²) in [5, 5.41) is 15.3. The molecule has 5 rings (SSSR count). The second-order valence-electron chi connectivity index (χ2n) is 7.47. The molecule has 0 bridgehead atoms. The van der Waals surface area contributed by atoms with Gasteiger partial charge < -0.3 is 15.0 Å². The van der Waals surface area contributed by atoms with Gasteiger partial charge in [-0.05, 0) is 37.6 Å². The van der Waals surface area contributed by atoms with E-state index in [1.807, 2.05) is 17.8 Å². The van der Waals surface area contributed by atoms with E-state index in [9.17, 15) is 0 Å². The zero-order valence-corrected chi connectivity index (χ0v) is 16.3. The van der Waals surface area contributed by atoms with Gasteiger partial charge in [-0.15, -0.1) is 0 Å². The number of ether oxygens (including phenoxy) is 1. The van der Waals surface area contributed by atoms with Gasteiger partial charge in [-0.3, -0.25) is 9.78 Å². The van der Waals surface area contributed by atoms with Crippen molar-refractivity contribution in [1.82, 2.24) is 30.3 Å². The summed E-state index contributed by atoms with van der Waals surface area (Å²) in [5.41, 5.74) is 6.29. The van der Waals surface area contributed by atoms with Crippen LogP contribution in [0.4, 0.5) is 5.82 Å². The van der Waals surface area contributed by atoms with Crippen LogP contribution in [0, 0.1) is 0 Å². The minimum absolute atomic E-state index is 0.292. The second kappa shape index (κ2) is 7.03. The highest BCUT2D eigenvalue weighted by Crippen LogP contribution is 2.35. The molecule has 3 aromatic rings. The van der Waals surface area contributed by atoms with E-state index >= 15 is 0 Å². The maximum Gasteiger partial charge on any atom is 0.136 e. The normalized spacial score (nSPS) is 20.6. The Morgan fingerprint density at radius 1 is 1.32 bits per heavy atom. The lowest BCUT2D eigenvalue weighted by Gasteiger charge is -2.34. The monoisotopic (exact) mass is 379 g/mol. The lowest BCUT2D eigenvalue weighted by atomic mass is 9.98. The molecule has 1 fully saturated rings. The van der Waals surface area contributed by atoms with Crippen molar-refractivity contribution >= 4 is 22.4 Å². The third-order valence-electron chi connectivity index (χ3n) is 5.60. The molecule has 0 amide bonds. The van der Waals surface area contributed by atoms with Gasteiger partial charge in [0.1, 0.15) is 17.0 Å². The molecule has 8 nitrogen and oxygen atoms in total. The van der Waals surface area contributed by atoms with E-state index in [2.05, 4.69) is 39.5 Å². The van der Waals surface area contributed by atoms with Crippen molar-refractivity contribution in [2.45, 2.75) is 19.4 Å². The smallest absolute Gasteiger partial charge is 0.136 e. The number of pyridine rings is 1. The van der Waals surface area contributed by atoms with Gasteiger partial charge in [0.25, 0.3) is 0 Å². The van der Waals surface area contributed by atoms with Crippen molar-refractivity contribution in [2.75, 3.05) is 37.7 Å². The number of aromatic nitrogens is 5. The first-order valence-corrected chi connectivity index (χ1v) is 9.84. The van der Waals surface area contributed by atoms with Crippen molar-refractivity contribution in [2.24, 2.45) is 7.05 Å². The Labute approximate surface area is 163 Å². The van der Waals surface area contributed by atoms with Crippen molar-refractivity contribution in [3.63, 3.8) is 0 Å².